The number of benzene rings is 1. The molecule has 1 saturated heterocycles. The first-order chi connectivity index (χ1) is 14.0. The highest BCUT2D eigenvalue weighted by Gasteiger charge is 2.59. The lowest BCUT2D eigenvalue weighted by Crippen LogP contribution is -2.42. The molecule has 4 heterocycles. The van der Waals surface area contributed by atoms with Crippen LogP contribution in [0.5, 0.6) is 0 Å². The van der Waals surface area contributed by atoms with Crippen LogP contribution >= 0.6 is 0 Å². The van der Waals surface area contributed by atoms with Crippen molar-refractivity contribution >= 4 is 17.5 Å². The number of hydrogen-bond donors (Lipinski definition) is 1. The number of aryl methyl sites for hydroxylation is 2. The summed E-state index contributed by atoms with van der Waals surface area (Å²) in [4.78, 5) is 33.0. The molecular weight excluding hydrogens is 366 g/mol. The summed E-state index contributed by atoms with van der Waals surface area (Å²) in [5.41, 5.74) is 3.03. The van der Waals surface area contributed by atoms with E-state index in [-0.39, 0.29) is 11.8 Å². The van der Waals surface area contributed by atoms with Gasteiger partial charge in [-0.25, -0.2) is 0 Å². The van der Waals surface area contributed by atoms with Crippen LogP contribution in [0, 0.1) is 6.92 Å². The number of anilines is 1. The Morgan fingerprint density at radius 2 is 2.07 bits per heavy atom. The number of hydrogen-bond acceptors (Lipinski definition) is 4. The topological polar surface area (TPSA) is 80.1 Å². The first-order valence-corrected chi connectivity index (χ1v) is 9.64. The van der Waals surface area contributed by atoms with Crippen LogP contribution in [0.1, 0.15) is 39.6 Å². The predicted molar refractivity (Wildman–Crippen MR) is 107 cm³/mol. The van der Waals surface area contributed by atoms with Gasteiger partial charge in [0.05, 0.1) is 17.8 Å². The van der Waals surface area contributed by atoms with Crippen molar-refractivity contribution < 1.29 is 9.59 Å². The Balaban J connectivity index is 1.68. The fourth-order valence-corrected chi connectivity index (χ4v) is 4.82. The minimum Gasteiger partial charge on any atom is -0.330 e. The van der Waals surface area contributed by atoms with E-state index >= 15 is 0 Å². The molecule has 7 heteroatoms. The van der Waals surface area contributed by atoms with Crippen molar-refractivity contribution in [2.45, 2.75) is 24.8 Å². The smallest absolute Gasteiger partial charge is 0.256 e. The van der Waals surface area contributed by atoms with Crippen molar-refractivity contribution in [3.63, 3.8) is 0 Å². The van der Waals surface area contributed by atoms with E-state index in [0.29, 0.717) is 24.2 Å². The Hall–Kier alpha value is -3.48. The quantitative estimate of drug-likeness (QED) is 0.733. The molecule has 3 aromatic rings. The van der Waals surface area contributed by atoms with E-state index in [0.717, 1.165) is 16.8 Å². The number of fused-ring (bicyclic) bond motifs is 2. The van der Waals surface area contributed by atoms with E-state index in [9.17, 15) is 9.59 Å². The van der Waals surface area contributed by atoms with Crippen LogP contribution in [0.4, 0.5) is 5.69 Å². The SMILES string of the molecule is Cc1ncccc1C(=O)N1CCC2(C(=O)Nc3ccccc32)C1c1cnn(C)c1. The average Bonchev–Trinajstić information content (AvgIpc) is 3.39. The van der Waals surface area contributed by atoms with Crippen molar-refractivity contribution in [1.82, 2.24) is 19.7 Å². The van der Waals surface area contributed by atoms with Crippen molar-refractivity contribution in [1.29, 1.82) is 0 Å². The van der Waals surface area contributed by atoms with E-state index in [4.69, 9.17) is 0 Å². The molecule has 2 aliphatic heterocycles. The molecule has 1 spiro atoms. The van der Waals surface area contributed by atoms with Gasteiger partial charge >= 0.3 is 0 Å². The molecule has 2 amide bonds. The highest BCUT2D eigenvalue weighted by Crippen LogP contribution is 2.54. The Bertz CT molecular complexity index is 1140. The molecule has 2 unspecified atom stereocenters. The fraction of sp³-hybridized carbons (Fsp3) is 0.273. The molecule has 2 atom stereocenters. The number of likely N-dealkylation sites (tertiary alicyclic amines) is 1. The number of carbonyl (C=O) groups is 2. The molecule has 2 aliphatic rings. The second kappa shape index (κ2) is 6.27. The summed E-state index contributed by atoms with van der Waals surface area (Å²) in [7, 11) is 1.84. The summed E-state index contributed by atoms with van der Waals surface area (Å²) < 4.78 is 1.71. The maximum Gasteiger partial charge on any atom is 0.256 e. The molecule has 1 fully saturated rings. The van der Waals surface area contributed by atoms with Crippen LogP contribution < -0.4 is 5.32 Å². The first-order valence-electron chi connectivity index (χ1n) is 9.64. The van der Waals surface area contributed by atoms with Gasteiger partial charge in [-0.2, -0.15) is 5.10 Å². The number of amides is 2. The highest BCUT2D eigenvalue weighted by atomic mass is 16.2. The first kappa shape index (κ1) is 17.6. The number of aromatic nitrogens is 3. The Labute approximate surface area is 168 Å². The van der Waals surface area contributed by atoms with Gasteiger partial charge in [0.25, 0.3) is 5.91 Å². The normalized spacial score (nSPS) is 22.8. The summed E-state index contributed by atoms with van der Waals surface area (Å²) in [6.07, 6.45) is 5.88. The van der Waals surface area contributed by atoms with E-state index < -0.39 is 11.5 Å². The van der Waals surface area contributed by atoms with Crippen molar-refractivity contribution in [2.75, 3.05) is 11.9 Å². The van der Waals surface area contributed by atoms with Gasteiger partial charge in [-0.15, -0.1) is 0 Å². The van der Waals surface area contributed by atoms with Gasteiger partial charge in [0.15, 0.2) is 0 Å². The molecule has 0 radical (unpaired) electrons. The summed E-state index contributed by atoms with van der Waals surface area (Å²) in [6, 6.07) is 10.9. The van der Waals surface area contributed by atoms with E-state index in [1.54, 1.807) is 29.2 Å². The number of rotatable bonds is 2. The van der Waals surface area contributed by atoms with Gasteiger partial charge in [0.1, 0.15) is 5.41 Å². The predicted octanol–water partition coefficient (Wildman–Crippen LogP) is 2.60. The number of nitrogens with zero attached hydrogens (tertiary/aromatic N) is 4. The second-order valence-corrected chi connectivity index (χ2v) is 7.71. The zero-order valence-corrected chi connectivity index (χ0v) is 16.3. The molecule has 146 valence electrons. The third-order valence-corrected chi connectivity index (χ3v) is 6.13. The van der Waals surface area contributed by atoms with Crippen LogP contribution in [-0.4, -0.2) is 38.0 Å². The lowest BCUT2D eigenvalue weighted by Gasteiger charge is -2.33. The highest BCUT2D eigenvalue weighted by molar-refractivity contribution is 6.08. The van der Waals surface area contributed by atoms with Crippen LogP contribution in [0.3, 0.4) is 0 Å². The third-order valence-electron chi connectivity index (χ3n) is 6.13. The van der Waals surface area contributed by atoms with Gasteiger partial charge in [-0.1, -0.05) is 18.2 Å². The average molecular weight is 387 g/mol. The molecule has 0 bridgehead atoms. The molecule has 1 N–H and O–H groups in total. The second-order valence-electron chi connectivity index (χ2n) is 7.71. The number of nitrogens with one attached hydrogen (secondary N) is 1. The maximum absolute atomic E-state index is 13.5. The van der Waals surface area contributed by atoms with E-state index in [1.807, 2.05) is 49.3 Å². The van der Waals surface area contributed by atoms with Crippen LogP contribution in [0.25, 0.3) is 0 Å². The van der Waals surface area contributed by atoms with Gasteiger partial charge in [0.2, 0.25) is 5.91 Å². The van der Waals surface area contributed by atoms with Gasteiger partial charge in [0, 0.05) is 42.9 Å². The van der Waals surface area contributed by atoms with Gasteiger partial charge < -0.3 is 10.2 Å². The van der Waals surface area contributed by atoms with E-state index in [2.05, 4.69) is 15.4 Å². The summed E-state index contributed by atoms with van der Waals surface area (Å²) in [5, 5.41) is 7.35. The van der Waals surface area contributed by atoms with Crippen molar-refractivity contribution in [3.05, 3.63) is 77.4 Å². The van der Waals surface area contributed by atoms with Crippen molar-refractivity contribution in [2.24, 2.45) is 7.05 Å². The zero-order valence-electron chi connectivity index (χ0n) is 16.3. The monoisotopic (exact) mass is 387 g/mol. The van der Waals surface area contributed by atoms with Crippen LogP contribution in [0.15, 0.2) is 55.0 Å². The molecule has 2 aromatic heterocycles. The minimum absolute atomic E-state index is 0.0641. The summed E-state index contributed by atoms with van der Waals surface area (Å²) in [5.74, 6) is -0.177. The number of pyridine rings is 1. The molecule has 29 heavy (non-hydrogen) atoms. The van der Waals surface area contributed by atoms with Crippen molar-refractivity contribution in [3.8, 4) is 0 Å². The van der Waals surface area contributed by atoms with Gasteiger partial charge in [-0.05, 0) is 37.1 Å². The summed E-state index contributed by atoms with van der Waals surface area (Å²) in [6.45, 7) is 2.31. The molecular formula is C22H21N5O2. The lowest BCUT2D eigenvalue weighted by molar-refractivity contribution is -0.121. The summed E-state index contributed by atoms with van der Waals surface area (Å²) >= 11 is 0. The molecule has 5 rings (SSSR count). The third kappa shape index (κ3) is 2.43. The van der Waals surface area contributed by atoms with Gasteiger partial charge in [-0.3, -0.25) is 19.3 Å². The number of carbonyl (C=O) groups excluding carboxylic acids is 2. The Morgan fingerprint density at radius 1 is 1.24 bits per heavy atom. The molecule has 1 aromatic carbocycles. The molecule has 0 saturated carbocycles. The lowest BCUT2D eigenvalue weighted by atomic mass is 9.73. The van der Waals surface area contributed by atoms with E-state index in [1.165, 1.54) is 0 Å². The minimum atomic E-state index is -0.828. The zero-order chi connectivity index (χ0) is 20.2. The standard InChI is InChI=1S/C22H21N5O2/c1-14-16(6-5-10-23-14)20(28)27-11-9-22(19(27)15-12-24-26(2)13-15)17-7-3-4-8-18(17)25-21(22)29/h3-8,10,12-13,19H,9,11H2,1-2H3,(H,25,29). The fourth-order valence-electron chi connectivity index (χ4n) is 4.82. The molecule has 0 aliphatic carbocycles. The largest absolute Gasteiger partial charge is 0.330 e. The molecule has 7 nitrogen and oxygen atoms in total. The Kier molecular flexibility index (Phi) is 3.81. The Morgan fingerprint density at radius 3 is 2.83 bits per heavy atom. The maximum atomic E-state index is 13.5. The van der Waals surface area contributed by atoms with Crippen LogP contribution in [0.2, 0.25) is 0 Å². The van der Waals surface area contributed by atoms with Crippen LogP contribution in [-0.2, 0) is 17.3 Å². The number of para-hydroxylation sites is 1.